The number of benzene rings is 1. The third-order valence-corrected chi connectivity index (χ3v) is 5.83. The molecule has 26 heavy (non-hydrogen) atoms. The monoisotopic (exact) mass is 357 g/mol. The largest absolute Gasteiger partial charge is 0.339 e. The van der Waals surface area contributed by atoms with Crippen LogP contribution in [-0.2, 0) is 0 Å². The van der Waals surface area contributed by atoms with Crippen molar-refractivity contribution in [2.45, 2.75) is 45.6 Å². The summed E-state index contributed by atoms with van der Waals surface area (Å²) < 4.78 is 0. The summed E-state index contributed by atoms with van der Waals surface area (Å²) in [5, 5.41) is 0. The summed E-state index contributed by atoms with van der Waals surface area (Å²) in [5.41, 5.74) is 7.40. The second-order valence-electron chi connectivity index (χ2n) is 7.75. The zero-order valence-corrected chi connectivity index (χ0v) is 16.0. The lowest BCUT2D eigenvalue weighted by atomic mass is 9.98. The van der Waals surface area contributed by atoms with Crippen molar-refractivity contribution in [2.75, 3.05) is 26.2 Å². The van der Waals surface area contributed by atoms with Crippen molar-refractivity contribution in [2.24, 2.45) is 17.6 Å². The second-order valence-corrected chi connectivity index (χ2v) is 7.75. The first-order chi connectivity index (χ1) is 12.5. The van der Waals surface area contributed by atoms with E-state index in [4.69, 9.17) is 5.73 Å². The summed E-state index contributed by atoms with van der Waals surface area (Å²) in [6.45, 7) is 7.19. The van der Waals surface area contributed by atoms with Crippen LogP contribution in [0.1, 0.15) is 60.2 Å². The highest BCUT2D eigenvalue weighted by Crippen LogP contribution is 2.37. The second kappa shape index (κ2) is 8.21. The van der Waals surface area contributed by atoms with Crippen molar-refractivity contribution in [3.05, 3.63) is 35.4 Å². The van der Waals surface area contributed by atoms with Gasteiger partial charge in [-0.3, -0.25) is 9.59 Å². The molecule has 0 aromatic heterocycles. The number of carbonyl (C=O) groups is 2. The molecule has 5 heteroatoms. The Morgan fingerprint density at radius 2 is 1.81 bits per heavy atom. The fraction of sp³-hybridized carbons (Fsp3) is 0.619. The average molecular weight is 357 g/mol. The predicted octanol–water partition coefficient (Wildman–Crippen LogP) is 2.76. The van der Waals surface area contributed by atoms with Crippen molar-refractivity contribution >= 4 is 11.8 Å². The zero-order chi connectivity index (χ0) is 18.7. The van der Waals surface area contributed by atoms with Crippen LogP contribution in [0.2, 0.25) is 0 Å². The Morgan fingerprint density at radius 3 is 2.46 bits per heavy atom. The lowest BCUT2D eigenvalue weighted by Crippen LogP contribution is -2.34. The van der Waals surface area contributed by atoms with Gasteiger partial charge in [-0.25, -0.2) is 0 Å². The molecule has 2 N–H and O–H groups in total. The SMILES string of the molecule is CCCN(CCC)C(=O)c1cccc(C(=O)N2CC3CCC(N)C3C2)c1. The average Bonchev–Trinajstić information content (AvgIpc) is 3.23. The molecule has 1 aromatic carbocycles. The van der Waals surface area contributed by atoms with Crippen LogP contribution in [-0.4, -0.2) is 53.8 Å². The third-order valence-electron chi connectivity index (χ3n) is 5.83. The molecule has 0 radical (unpaired) electrons. The summed E-state index contributed by atoms with van der Waals surface area (Å²) in [5.74, 6) is 1.03. The van der Waals surface area contributed by atoms with Crippen molar-refractivity contribution in [3.8, 4) is 0 Å². The van der Waals surface area contributed by atoms with Crippen molar-refractivity contribution in [1.29, 1.82) is 0 Å². The van der Waals surface area contributed by atoms with Gasteiger partial charge in [-0.15, -0.1) is 0 Å². The molecule has 5 nitrogen and oxygen atoms in total. The molecule has 1 heterocycles. The molecule has 2 aliphatic rings. The molecular weight excluding hydrogens is 326 g/mol. The van der Waals surface area contributed by atoms with E-state index < -0.39 is 0 Å². The highest BCUT2D eigenvalue weighted by atomic mass is 16.2. The van der Waals surface area contributed by atoms with Crippen LogP contribution in [0.15, 0.2) is 24.3 Å². The minimum atomic E-state index is 0.0173. The number of carbonyl (C=O) groups excluding carboxylic acids is 2. The van der Waals surface area contributed by atoms with E-state index in [1.165, 1.54) is 0 Å². The molecule has 1 aliphatic heterocycles. The van der Waals surface area contributed by atoms with Gasteiger partial charge in [0.2, 0.25) is 0 Å². The smallest absolute Gasteiger partial charge is 0.253 e. The van der Waals surface area contributed by atoms with E-state index in [0.29, 0.717) is 23.0 Å². The Bertz CT molecular complexity index is 654. The standard InChI is InChI=1S/C21H31N3O2/c1-3-10-23(11-4-2)20(25)15-6-5-7-16(12-15)21(26)24-13-17-8-9-19(22)18(17)14-24/h5-7,12,17-19H,3-4,8-11,13-14,22H2,1-2H3. The lowest BCUT2D eigenvalue weighted by Gasteiger charge is -2.22. The maximum atomic E-state index is 12.9. The molecule has 2 fully saturated rings. The summed E-state index contributed by atoms with van der Waals surface area (Å²) in [7, 11) is 0. The van der Waals surface area contributed by atoms with E-state index in [0.717, 1.165) is 51.9 Å². The van der Waals surface area contributed by atoms with E-state index >= 15 is 0 Å². The molecule has 2 amide bonds. The van der Waals surface area contributed by atoms with Crippen LogP contribution < -0.4 is 5.73 Å². The van der Waals surface area contributed by atoms with Crippen molar-refractivity contribution in [3.63, 3.8) is 0 Å². The van der Waals surface area contributed by atoms with Crippen LogP contribution in [0.4, 0.5) is 0 Å². The van der Waals surface area contributed by atoms with E-state index in [1.807, 2.05) is 28.0 Å². The molecule has 3 atom stereocenters. The van der Waals surface area contributed by atoms with Gasteiger partial charge in [0, 0.05) is 43.3 Å². The molecule has 0 spiro atoms. The minimum Gasteiger partial charge on any atom is -0.339 e. The number of hydrogen-bond acceptors (Lipinski definition) is 3. The molecule has 1 saturated carbocycles. The third kappa shape index (κ3) is 3.78. The number of fused-ring (bicyclic) bond motifs is 1. The predicted molar refractivity (Wildman–Crippen MR) is 103 cm³/mol. The van der Waals surface area contributed by atoms with E-state index in [9.17, 15) is 9.59 Å². The van der Waals surface area contributed by atoms with Crippen LogP contribution in [0, 0.1) is 11.8 Å². The lowest BCUT2D eigenvalue weighted by molar-refractivity contribution is 0.0755. The molecule has 3 unspecified atom stereocenters. The fourth-order valence-electron chi connectivity index (χ4n) is 4.48. The van der Waals surface area contributed by atoms with Gasteiger partial charge in [0.15, 0.2) is 0 Å². The zero-order valence-electron chi connectivity index (χ0n) is 16.0. The number of nitrogens with zero attached hydrogens (tertiary/aromatic N) is 2. The van der Waals surface area contributed by atoms with E-state index in [1.54, 1.807) is 6.07 Å². The number of rotatable bonds is 6. The Morgan fingerprint density at radius 1 is 1.12 bits per heavy atom. The van der Waals surface area contributed by atoms with Crippen LogP contribution in [0.3, 0.4) is 0 Å². The molecule has 3 rings (SSSR count). The molecule has 1 aliphatic carbocycles. The Hall–Kier alpha value is -1.88. The first kappa shape index (κ1) is 18.9. The molecule has 1 saturated heterocycles. The number of hydrogen-bond donors (Lipinski definition) is 1. The summed E-state index contributed by atoms with van der Waals surface area (Å²) in [6, 6.07) is 7.43. The fourth-order valence-corrected chi connectivity index (χ4v) is 4.48. The van der Waals surface area contributed by atoms with Gasteiger partial charge in [0.05, 0.1) is 0 Å². The normalized spacial score (nSPS) is 24.6. The quantitative estimate of drug-likeness (QED) is 0.851. The van der Waals surface area contributed by atoms with Gasteiger partial charge in [0.1, 0.15) is 0 Å². The van der Waals surface area contributed by atoms with Gasteiger partial charge in [0.25, 0.3) is 11.8 Å². The Balaban J connectivity index is 1.72. The van der Waals surface area contributed by atoms with Crippen molar-refractivity contribution < 1.29 is 9.59 Å². The van der Waals surface area contributed by atoms with Crippen LogP contribution >= 0.6 is 0 Å². The first-order valence-corrected chi connectivity index (χ1v) is 9.99. The van der Waals surface area contributed by atoms with Gasteiger partial charge in [-0.2, -0.15) is 0 Å². The summed E-state index contributed by atoms with van der Waals surface area (Å²) in [6.07, 6.45) is 4.06. The Kier molecular flexibility index (Phi) is 5.97. The highest BCUT2D eigenvalue weighted by molar-refractivity contribution is 5.99. The van der Waals surface area contributed by atoms with Gasteiger partial charge >= 0.3 is 0 Å². The Labute approximate surface area is 156 Å². The van der Waals surface area contributed by atoms with Gasteiger partial charge in [-0.1, -0.05) is 19.9 Å². The number of nitrogens with two attached hydrogens (primary N) is 1. The topological polar surface area (TPSA) is 66.6 Å². The molecule has 0 bridgehead atoms. The van der Waals surface area contributed by atoms with E-state index in [2.05, 4.69) is 13.8 Å². The van der Waals surface area contributed by atoms with Crippen molar-refractivity contribution in [1.82, 2.24) is 9.80 Å². The summed E-state index contributed by atoms with van der Waals surface area (Å²) >= 11 is 0. The molecular formula is C21H31N3O2. The highest BCUT2D eigenvalue weighted by Gasteiger charge is 2.42. The first-order valence-electron chi connectivity index (χ1n) is 9.99. The molecule has 142 valence electrons. The maximum Gasteiger partial charge on any atom is 0.253 e. The number of likely N-dealkylation sites (tertiary alicyclic amines) is 1. The van der Waals surface area contributed by atoms with Crippen LogP contribution in [0.25, 0.3) is 0 Å². The molecule has 1 aromatic rings. The van der Waals surface area contributed by atoms with Gasteiger partial charge in [-0.05, 0) is 55.7 Å². The number of amides is 2. The summed E-state index contributed by atoms with van der Waals surface area (Å²) in [4.78, 5) is 29.6. The van der Waals surface area contributed by atoms with Gasteiger partial charge < -0.3 is 15.5 Å². The maximum absolute atomic E-state index is 12.9. The van der Waals surface area contributed by atoms with Crippen LogP contribution in [0.5, 0.6) is 0 Å². The minimum absolute atomic E-state index is 0.0173. The van der Waals surface area contributed by atoms with E-state index in [-0.39, 0.29) is 17.9 Å².